The van der Waals surface area contributed by atoms with E-state index in [1.54, 1.807) is 0 Å². The highest BCUT2D eigenvalue weighted by atomic mass is 16.7. The Bertz CT molecular complexity index is 207. The SMILES string of the molecule is CCC1O[C@@H](OC)C(OC=O)C(O)[C@H]1O. The van der Waals surface area contributed by atoms with Crippen LogP contribution in [0.5, 0.6) is 0 Å². The van der Waals surface area contributed by atoms with Crippen molar-refractivity contribution in [1.29, 1.82) is 0 Å². The maximum absolute atomic E-state index is 10.2. The van der Waals surface area contributed by atoms with Gasteiger partial charge < -0.3 is 24.4 Å². The van der Waals surface area contributed by atoms with Crippen LogP contribution in [0.25, 0.3) is 0 Å². The van der Waals surface area contributed by atoms with Crippen LogP contribution in [-0.2, 0) is 19.0 Å². The average molecular weight is 220 g/mol. The van der Waals surface area contributed by atoms with Gasteiger partial charge in [0.05, 0.1) is 6.10 Å². The number of carbonyl (C=O) groups is 1. The van der Waals surface area contributed by atoms with Gasteiger partial charge in [0, 0.05) is 7.11 Å². The van der Waals surface area contributed by atoms with Crippen molar-refractivity contribution in [1.82, 2.24) is 0 Å². The molecule has 0 amide bonds. The zero-order chi connectivity index (χ0) is 11.4. The van der Waals surface area contributed by atoms with E-state index in [1.165, 1.54) is 7.11 Å². The molecule has 1 aliphatic rings. The predicted octanol–water partition coefficient (Wildman–Crippen LogP) is -0.969. The summed E-state index contributed by atoms with van der Waals surface area (Å²) in [5.74, 6) is 0. The summed E-state index contributed by atoms with van der Waals surface area (Å²) >= 11 is 0. The monoisotopic (exact) mass is 220 g/mol. The van der Waals surface area contributed by atoms with Gasteiger partial charge in [0.25, 0.3) is 6.47 Å². The van der Waals surface area contributed by atoms with Crippen LogP contribution < -0.4 is 0 Å². The van der Waals surface area contributed by atoms with Crippen molar-refractivity contribution in [3.8, 4) is 0 Å². The second-order valence-electron chi connectivity index (χ2n) is 3.36. The molecule has 3 unspecified atom stereocenters. The molecule has 1 aliphatic heterocycles. The van der Waals surface area contributed by atoms with Crippen LogP contribution in [0, 0.1) is 0 Å². The first-order valence-electron chi connectivity index (χ1n) is 4.79. The fourth-order valence-electron chi connectivity index (χ4n) is 1.64. The van der Waals surface area contributed by atoms with Crippen molar-refractivity contribution in [3.05, 3.63) is 0 Å². The fraction of sp³-hybridized carbons (Fsp3) is 0.889. The zero-order valence-corrected chi connectivity index (χ0v) is 8.70. The number of aliphatic hydroxyl groups is 2. The summed E-state index contributed by atoms with van der Waals surface area (Å²) in [5, 5.41) is 19.3. The number of methoxy groups -OCH3 is 1. The molecule has 0 bridgehead atoms. The minimum Gasteiger partial charge on any atom is -0.456 e. The zero-order valence-electron chi connectivity index (χ0n) is 8.70. The molecule has 15 heavy (non-hydrogen) atoms. The van der Waals surface area contributed by atoms with Crippen LogP contribution in [0.2, 0.25) is 0 Å². The van der Waals surface area contributed by atoms with Crippen LogP contribution in [0.4, 0.5) is 0 Å². The van der Waals surface area contributed by atoms with Crippen molar-refractivity contribution >= 4 is 6.47 Å². The minimum absolute atomic E-state index is 0.197. The number of aliphatic hydroxyl groups excluding tert-OH is 2. The van der Waals surface area contributed by atoms with E-state index in [4.69, 9.17) is 9.47 Å². The Balaban J connectivity index is 2.74. The second kappa shape index (κ2) is 5.41. The lowest BCUT2D eigenvalue weighted by Crippen LogP contribution is -2.58. The van der Waals surface area contributed by atoms with Gasteiger partial charge in [0.2, 0.25) is 0 Å². The molecule has 2 N–H and O–H groups in total. The predicted molar refractivity (Wildman–Crippen MR) is 48.9 cm³/mol. The van der Waals surface area contributed by atoms with Gasteiger partial charge in [-0.25, -0.2) is 0 Å². The first-order chi connectivity index (χ1) is 7.15. The van der Waals surface area contributed by atoms with Crippen LogP contribution in [-0.4, -0.2) is 54.5 Å². The summed E-state index contributed by atoms with van der Waals surface area (Å²) in [7, 11) is 1.38. The third-order valence-corrected chi connectivity index (χ3v) is 2.49. The van der Waals surface area contributed by atoms with Gasteiger partial charge in [-0.15, -0.1) is 0 Å². The summed E-state index contributed by atoms with van der Waals surface area (Å²) in [6.45, 7) is 2.01. The summed E-state index contributed by atoms with van der Waals surface area (Å²) in [6, 6.07) is 0. The molecule has 0 spiro atoms. The Morgan fingerprint density at radius 2 is 2.07 bits per heavy atom. The maximum Gasteiger partial charge on any atom is 0.293 e. The lowest BCUT2D eigenvalue weighted by Gasteiger charge is -2.40. The van der Waals surface area contributed by atoms with Gasteiger partial charge in [-0.1, -0.05) is 6.92 Å². The van der Waals surface area contributed by atoms with Crippen LogP contribution in [0.3, 0.4) is 0 Å². The molecule has 1 heterocycles. The van der Waals surface area contributed by atoms with Crippen molar-refractivity contribution < 1.29 is 29.2 Å². The van der Waals surface area contributed by atoms with Crippen LogP contribution in [0.15, 0.2) is 0 Å². The number of ether oxygens (including phenoxy) is 3. The van der Waals surface area contributed by atoms with E-state index in [-0.39, 0.29) is 6.47 Å². The van der Waals surface area contributed by atoms with Gasteiger partial charge in [-0.2, -0.15) is 0 Å². The Morgan fingerprint density at radius 3 is 2.53 bits per heavy atom. The topological polar surface area (TPSA) is 85.2 Å². The van der Waals surface area contributed by atoms with E-state index in [9.17, 15) is 15.0 Å². The molecule has 0 aliphatic carbocycles. The van der Waals surface area contributed by atoms with Gasteiger partial charge in [-0.3, -0.25) is 4.79 Å². The van der Waals surface area contributed by atoms with E-state index < -0.39 is 30.7 Å². The Morgan fingerprint density at radius 1 is 1.40 bits per heavy atom. The Labute approximate surface area is 87.7 Å². The molecule has 1 fully saturated rings. The average Bonchev–Trinajstić information content (AvgIpc) is 2.25. The van der Waals surface area contributed by atoms with Crippen LogP contribution in [0.1, 0.15) is 13.3 Å². The number of carbonyl (C=O) groups excluding carboxylic acids is 1. The third-order valence-electron chi connectivity index (χ3n) is 2.49. The van der Waals surface area contributed by atoms with E-state index >= 15 is 0 Å². The highest BCUT2D eigenvalue weighted by Crippen LogP contribution is 2.25. The van der Waals surface area contributed by atoms with Gasteiger partial charge in [0.15, 0.2) is 12.4 Å². The van der Waals surface area contributed by atoms with Crippen LogP contribution >= 0.6 is 0 Å². The van der Waals surface area contributed by atoms with E-state index in [2.05, 4.69) is 4.74 Å². The van der Waals surface area contributed by atoms with Crippen molar-refractivity contribution in [2.24, 2.45) is 0 Å². The summed E-state index contributed by atoms with van der Waals surface area (Å²) in [5.41, 5.74) is 0. The second-order valence-corrected chi connectivity index (χ2v) is 3.36. The summed E-state index contributed by atoms with van der Waals surface area (Å²) in [4.78, 5) is 10.2. The first kappa shape index (κ1) is 12.4. The molecule has 5 atom stereocenters. The molecule has 6 heteroatoms. The van der Waals surface area contributed by atoms with E-state index in [0.717, 1.165) is 0 Å². The highest BCUT2D eigenvalue weighted by Gasteiger charge is 2.45. The minimum atomic E-state index is -1.20. The molecular weight excluding hydrogens is 204 g/mol. The summed E-state index contributed by atoms with van der Waals surface area (Å²) < 4.78 is 14.9. The molecule has 0 radical (unpaired) electrons. The van der Waals surface area contributed by atoms with Crippen molar-refractivity contribution in [3.63, 3.8) is 0 Å². The molecule has 0 aromatic carbocycles. The molecule has 1 rings (SSSR count). The quantitative estimate of drug-likeness (QED) is 0.593. The van der Waals surface area contributed by atoms with Crippen molar-refractivity contribution in [2.45, 2.75) is 44.1 Å². The number of hydrogen-bond donors (Lipinski definition) is 2. The number of hydrogen-bond acceptors (Lipinski definition) is 6. The Hall–Kier alpha value is -0.690. The van der Waals surface area contributed by atoms with Gasteiger partial charge >= 0.3 is 0 Å². The first-order valence-corrected chi connectivity index (χ1v) is 4.79. The van der Waals surface area contributed by atoms with Gasteiger partial charge in [0.1, 0.15) is 12.2 Å². The smallest absolute Gasteiger partial charge is 0.293 e. The largest absolute Gasteiger partial charge is 0.456 e. The standard InChI is InChI=1S/C9H16O6/c1-3-5-6(11)7(12)8(14-4-10)9(13-2)15-5/h4-9,11-12H,3H2,1-2H3/t5?,6-,7?,8?,9+/m0/s1. The number of rotatable bonds is 4. The van der Waals surface area contributed by atoms with Crippen molar-refractivity contribution in [2.75, 3.05) is 7.11 Å². The summed E-state index contributed by atoms with van der Waals surface area (Å²) in [6.07, 6.45) is -4.10. The molecule has 0 saturated carbocycles. The molecular formula is C9H16O6. The Kier molecular flexibility index (Phi) is 4.46. The lowest BCUT2D eigenvalue weighted by atomic mass is 9.97. The molecule has 6 nitrogen and oxygen atoms in total. The normalized spacial score (nSPS) is 41.2. The van der Waals surface area contributed by atoms with Gasteiger partial charge in [-0.05, 0) is 6.42 Å². The third kappa shape index (κ3) is 2.46. The van der Waals surface area contributed by atoms with E-state index in [1.807, 2.05) is 6.92 Å². The fourth-order valence-corrected chi connectivity index (χ4v) is 1.64. The maximum atomic E-state index is 10.2. The molecule has 1 saturated heterocycles. The molecule has 88 valence electrons. The molecule has 0 aromatic heterocycles. The lowest BCUT2D eigenvalue weighted by molar-refractivity contribution is -0.291. The van der Waals surface area contributed by atoms with E-state index in [0.29, 0.717) is 6.42 Å². The highest BCUT2D eigenvalue weighted by molar-refractivity contribution is 5.37. The molecule has 0 aromatic rings.